The molecule has 0 spiro atoms. The Morgan fingerprint density at radius 3 is 2.67 bits per heavy atom. The highest BCUT2D eigenvalue weighted by atomic mass is 79.9. The predicted molar refractivity (Wildman–Crippen MR) is 72.8 cm³/mol. The molecule has 0 heterocycles. The Kier molecular flexibility index (Phi) is 4.27. The summed E-state index contributed by atoms with van der Waals surface area (Å²) >= 11 is 3.37. The van der Waals surface area contributed by atoms with E-state index < -0.39 is 11.4 Å². The first kappa shape index (κ1) is 13.4. The van der Waals surface area contributed by atoms with Crippen molar-refractivity contribution in [1.82, 2.24) is 0 Å². The smallest absolute Gasteiger partial charge is 0.313 e. The first-order chi connectivity index (χ1) is 8.62. The standard InChI is InChI=1S/C14H17BrO3/c15-11-5-4-6-12(9-11)18-10-14(13(16)17)7-2-1-3-8-14/h4-6,9H,1-3,7-8,10H2,(H,16,17). The molecule has 3 nitrogen and oxygen atoms in total. The zero-order chi connectivity index (χ0) is 13.0. The van der Waals surface area contributed by atoms with Gasteiger partial charge >= 0.3 is 5.97 Å². The van der Waals surface area contributed by atoms with Gasteiger partial charge in [0.1, 0.15) is 17.8 Å². The van der Waals surface area contributed by atoms with Crippen molar-refractivity contribution in [1.29, 1.82) is 0 Å². The van der Waals surface area contributed by atoms with Crippen LogP contribution in [0.1, 0.15) is 32.1 Å². The quantitative estimate of drug-likeness (QED) is 0.918. The number of aliphatic carboxylic acids is 1. The molecular formula is C14H17BrO3. The van der Waals surface area contributed by atoms with Crippen LogP contribution in [0.3, 0.4) is 0 Å². The number of carbonyl (C=O) groups is 1. The third-order valence-electron chi connectivity index (χ3n) is 3.58. The molecule has 1 aromatic rings. The topological polar surface area (TPSA) is 46.5 Å². The van der Waals surface area contributed by atoms with Crippen LogP contribution in [0, 0.1) is 5.41 Å². The summed E-state index contributed by atoms with van der Waals surface area (Å²) in [6.45, 7) is 0.263. The maximum absolute atomic E-state index is 11.5. The van der Waals surface area contributed by atoms with E-state index in [1.807, 2.05) is 24.3 Å². The lowest BCUT2D eigenvalue weighted by atomic mass is 9.75. The number of carboxylic acids is 1. The lowest BCUT2D eigenvalue weighted by molar-refractivity contribution is -0.153. The lowest BCUT2D eigenvalue weighted by Gasteiger charge is -2.32. The number of benzene rings is 1. The molecule has 0 radical (unpaired) electrons. The molecule has 1 aliphatic carbocycles. The Hall–Kier alpha value is -1.03. The Balaban J connectivity index is 2.04. The molecule has 18 heavy (non-hydrogen) atoms. The van der Waals surface area contributed by atoms with Gasteiger partial charge in [0.25, 0.3) is 0 Å². The second kappa shape index (κ2) is 5.74. The van der Waals surface area contributed by atoms with Crippen LogP contribution in [-0.4, -0.2) is 17.7 Å². The first-order valence-electron chi connectivity index (χ1n) is 6.24. The van der Waals surface area contributed by atoms with Gasteiger partial charge in [-0.3, -0.25) is 4.79 Å². The maximum Gasteiger partial charge on any atom is 0.313 e. The molecule has 0 unspecified atom stereocenters. The molecule has 4 heteroatoms. The summed E-state index contributed by atoms with van der Waals surface area (Å²) in [5.41, 5.74) is -0.694. The van der Waals surface area contributed by atoms with Crippen LogP contribution in [0.5, 0.6) is 5.75 Å². The summed E-state index contributed by atoms with van der Waals surface area (Å²) in [4.78, 5) is 11.5. The van der Waals surface area contributed by atoms with Crippen LogP contribution in [0.15, 0.2) is 28.7 Å². The Bertz CT molecular complexity index is 425. The summed E-state index contributed by atoms with van der Waals surface area (Å²) in [5, 5.41) is 9.43. The zero-order valence-corrected chi connectivity index (χ0v) is 11.8. The average Bonchev–Trinajstić information content (AvgIpc) is 2.37. The van der Waals surface area contributed by atoms with E-state index in [1.165, 1.54) is 0 Å². The monoisotopic (exact) mass is 312 g/mol. The van der Waals surface area contributed by atoms with Crippen LogP contribution in [0.2, 0.25) is 0 Å². The molecular weight excluding hydrogens is 296 g/mol. The fourth-order valence-electron chi connectivity index (χ4n) is 2.43. The maximum atomic E-state index is 11.5. The fourth-order valence-corrected chi connectivity index (χ4v) is 2.80. The molecule has 1 fully saturated rings. The molecule has 0 aliphatic heterocycles. The molecule has 1 N–H and O–H groups in total. The minimum Gasteiger partial charge on any atom is -0.492 e. The van der Waals surface area contributed by atoms with E-state index in [0.29, 0.717) is 0 Å². The van der Waals surface area contributed by atoms with Gasteiger partial charge in [-0.05, 0) is 31.0 Å². The van der Waals surface area contributed by atoms with E-state index in [1.54, 1.807) is 0 Å². The lowest BCUT2D eigenvalue weighted by Crippen LogP contribution is -2.38. The van der Waals surface area contributed by atoms with E-state index in [9.17, 15) is 9.90 Å². The van der Waals surface area contributed by atoms with Gasteiger partial charge in [-0.1, -0.05) is 41.3 Å². The van der Waals surface area contributed by atoms with E-state index in [0.717, 1.165) is 42.3 Å². The summed E-state index contributed by atoms with van der Waals surface area (Å²) in [6.07, 6.45) is 4.53. The molecule has 0 saturated heterocycles. The van der Waals surface area contributed by atoms with Gasteiger partial charge in [-0.25, -0.2) is 0 Å². The fraction of sp³-hybridized carbons (Fsp3) is 0.500. The van der Waals surface area contributed by atoms with Crippen molar-refractivity contribution in [3.05, 3.63) is 28.7 Å². The normalized spacial score (nSPS) is 18.3. The number of hydrogen-bond donors (Lipinski definition) is 1. The number of rotatable bonds is 4. The Morgan fingerprint density at radius 1 is 1.33 bits per heavy atom. The number of halogens is 1. The largest absolute Gasteiger partial charge is 0.492 e. The van der Waals surface area contributed by atoms with Crippen molar-refractivity contribution in [2.24, 2.45) is 5.41 Å². The van der Waals surface area contributed by atoms with Gasteiger partial charge in [0, 0.05) is 4.47 Å². The highest BCUT2D eigenvalue weighted by Crippen LogP contribution is 2.37. The molecule has 0 aromatic heterocycles. The first-order valence-corrected chi connectivity index (χ1v) is 7.03. The highest BCUT2D eigenvalue weighted by molar-refractivity contribution is 9.10. The van der Waals surface area contributed by atoms with E-state index in [4.69, 9.17) is 4.74 Å². The molecule has 1 saturated carbocycles. The molecule has 2 rings (SSSR count). The van der Waals surface area contributed by atoms with Gasteiger partial charge in [-0.15, -0.1) is 0 Å². The minimum absolute atomic E-state index is 0.263. The average molecular weight is 313 g/mol. The van der Waals surface area contributed by atoms with Crippen LogP contribution in [0.4, 0.5) is 0 Å². The second-order valence-corrected chi connectivity index (χ2v) is 5.81. The van der Waals surface area contributed by atoms with Crippen molar-refractivity contribution < 1.29 is 14.6 Å². The van der Waals surface area contributed by atoms with Gasteiger partial charge in [0.05, 0.1) is 0 Å². The second-order valence-electron chi connectivity index (χ2n) is 4.89. The Labute approximate surface area is 115 Å². The molecule has 98 valence electrons. The van der Waals surface area contributed by atoms with Gasteiger partial charge < -0.3 is 9.84 Å². The molecule has 0 atom stereocenters. The van der Waals surface area contributed by atoms with E-state index >= 15 is 0 Å². The highest BCUT2D eigenvalue weighted by Gasteiger charge is 2.40. The third kappa shape index (κ3) is 3.05. The van der Waals surface area contributed by atoms with Crippen LogP contribution >= 0.6 is 15.9 Å². The van der Waals surface area contributed by atoms with Crippen LogP contribution in [-0.2, 0) is 4.79 Å². The SMILES string of the molecule is O=C(O)C1(COc2cccc(Br)c2)CCCCC1. The van der Waals surface area contributed by atoms with E-state index in [-0.39, 0.29) is 6.61 Å². The van der Waals surface area contributed by atoms with Crippen LogP contribution < -0.4 is 4.74 Å². The predicted octanol–water partition coefficient (Wildman–Crippen LogP) is 3.86. The number of carboxylic acid groups (broad SMARTS) is 1. The molecule has 1 aromatic carbocycles. The van der Waals surface area contributed by atoms with Crippen molar-refractivity contribution in [2.45, 2.75) is 32.1 Å². The van der Waals surface area contributed by atoms with Gasteiger partial charge in [0.2, 0.25) is 0 Å². The number of hydrogen-bond acceptors (Lipinski definition) is 2. The Morgan fingerprint density at radius 2 is 2.06 bits per heavy atom. The summed E-state index contributed by atoms with van der Waals surface area (Å²) in [6, 6.07) is 7.51. The zero-order valence-electron chi connectivity index (χ0n) is 10.2. The van der Waals surface area contributed by atoms with Crippen molar-refractivity contribution >= 4 is 21.9 Å². The number of ether oxygens (including phenoxy) is 1. The van der Waals surface area contributed by atoms with Crippen molar-refractivity contribution in [3.63, 3.8) is 0 Å². The minimum atomic E-state index is -0.725. The molecule has 0 bridgehead atoms. The van der Waals surface area contributed by atoms with E-state index in [2.05, 4.69) is 15.9 Å². The summed E-state index contributed by atoms with van der Waals surface area (Å²) in [5.74, 6) is -0.00669. The summed E-state index contributed by atoms with van der Waals surface area (Å²) in [7, 11) is 0. The molecule has 1 aliphatic rings. The van der Waals surface area contributed by atoms with Crippen molar-refractivity contribution in [2.75, 3.05) is 6.61 Å². The summed E-state index contributed by atoms with van der Waals surface area (Å²) < 4.78 is 6.62. The van der Waals surface area contributed by atoms with Gasteiger partial charge in [0.15, 0.2) is 0 Å². The molecule has 0 amide bonds. The van der Waals surface area contributed by atoms with Crippen LogP contribution in [0.25, 0.3) is 0 Å². The van der Waals surface area contributed by atoms with Gasteiger partial charge in [-0.2, -0.15) is 0 Å². The third-order valence-corrected chi connectivity index (χ3v) is 4.07. The van der Waals surface area contributed by atoms with Crippen molar-refractivity contribution in [3.8, 4) is 5.75 Å².